The van der Waals surface area contributed by atoms with Crippen molar-refractivity contribution in [3.8, 4) is 11.4 Å². The first-order valence-corrected chi connectivity index (χ1v) is 8.65. The average molecular weight is 347 g/mol. The Morgan fingerprint density at radius 2 is 2.00 bits per heavy atom. The van der Waals surface area contributed by atoms with Crippen LogP contribution in [0.5, 0.6) is 0 Å². The first-order chi connectivity index (χ1) is 12.8. The molecule has 26 heavy (non-hydrogen) atoms. The molecule has 0 N–H and O–H groups in total. The molecule has 1 saturated heterocycles. The van der Waals surface area contributed by atoms with Crippen LogP contribution in [0.15, 0.2) is 47.2 Å². The Morgan fingerprint density at radius 3 is 2.81 bits per heavy atom. The molecule has 0 atom stereocenters. The molecule has 0 saturated carbocycles. The molecule has 0 bridgehead atoms. The number of rotatable bonds is 4. The van der Waals surface area contributed by atoms with Gasteiger partial charge in [0.15, 0.2) is 0 Å². The largest absolute Gasteiger partial charge is 0.355 e. The van der Waals surface area contributed by atoms with E-state index in [2.05, 4.69) is 43.1 Å². The van der Waals surface area contributed by atoms with Crippen molar-refractivity contribution in [2.24, 2.45) is 0 Å². The van der Waals surface area contributed by atoms with E-state index in [1.165, 1.54) is 6.33 Å². The number of benzene rings is 1. The summed E-state index contributed by atoms with van der Waals surface area (Å²) >= 11 is 0. The number of hydrogen-bond acceptors (Lipinski definition) is 7. The van der Waals surface area contributed by atoms with Crippen molar-refractivity contribution in [2.45, 2.75) is 19.3 Å². The Bertz CT molecular complexity index is 1050. The van der Waals surface area contributed by atoms with Crippen molar-refractivity contribution in [2.75, 3.05) is 18.0 Å². The number of aromatic nitrogens is 6. The molecule has 4 heterocycles. The van der Waals surface area contributed by atoms with Gasteiger partial charge in [0.1, 0.15) is 12.1 Å². The molecule has 0 unspecified atom stereocenters. The Morgan fingerprint density at radius 1 is 1.15 bits per heavy atom. The van der Waals surface area contributed by atoms with Gasteiger partial charge in [-0.3, -0.25) is 0 Å². The number of nitrogens with zero attached hydrogens (tertiary/aromatic N) is 7. The van der Waals surface area contributed by atoms with Crippen molar-refractivity contribution in [3.63, 3.8) is 0 Å². The Labute approximate surface area is 149 Å². The van der Waals surface area contributed by atoms with Gasteiger partial charge in [0.25, 0.3) is 5.78 Å². The van der Waals surface area contributed by atoms with Gasteiger partial charge >= 0.3 is 0 Å². The molecule has 1 aliphatic rings. The van der Waals surface area contributed by atoms with Gasteiger partial charge in [0, 0.05) is 30.4 Å². The minimum atomic E-state index is 0.219. The molecule has 1 fully saturated rings. The zero-order valence-electron chi connectivity index (χ0n) is 14.3. The lowest BCUT2D eigenvalue weighted by atomic mass is 10.00. The van der Waals surface area contributed by atoms with Crippen LogP contribution >= 0.6 is 0 Å². The fourth-order valence-corrected chi connectivity index (χ4v) is 3.18. The smallest absolute Gasteiger partial charge is 0.254 e. The second-order valence-corrected chi connectivity index (χ2v) is 6.36. The molecule has 8 nitrogen and oxygen atoms in total. The molecule has 0 aliphatic carbocycles. The van der Waals surface area contributed by atoms with Gasteiger partial charge in [0.05, 0.1) is 5.92 Å². The highest BCUT2D eigenvalue weighted by molar-refractivity contribution is 5.54. The van der Waals surface area contributed by atoms with Gasteiger partial charge in [-0.25, -0.2) is 4.98 Å². The molecular formula is C18H17N7O. The first kappa shape index (κ1) is 15.0. The van der Waals surface area contributed by atoms with Crippen LogP contribution in [0.25, 0.3) is 17.2 Å². The van der Waals surface area contributed by atoms with Gasteiger partial charge in [-0.1, -0.05) is 42.4 Å². The van der Waals surface area contributed by atoms with Crippen LogP contribution in [0.1, 0.15) is 24.4 Å². The van der Waals surface area contributed by atoms with E-state index in [4.69, 9.17) is 4.52 Å². The van der Waals surface area contributed by atoms with Crippen molar-refractivity contribution in [1.82, 2.24) is 29.7 Å². The molecule has 0 spiro atoms. The van der Waals surface area contributed by atoms with E-state index in [9.17, 15) is 0 Å². The summed E-state index contributed by atoms with van der Waals surface area (Å²) in [6.07, 6.45) is 2.39. The third kappa shape index (κ3) is 2.42. The fraction of sp³-hybridized carbons (Fsp3) is 0.278. The summed E-state index contributed by atoms with van der Waals surface area (Å²) in [6, 6.07) is 11.9. The summed E-state index contributed by atoms with van der Waals surface area (Å²) in [6.45, 7) is 3.69. The topological polar surface area (TPSA) is 85.2 Å². The average Bonchev–Trinajstić information content (AvgIpc) is 3.30. The van der Waals surface area contributed by atoms with Crippen molar-refractivity contribution < 1.29 is 4.52 Å². The molecule has 3 aromatic heterocycles. The van der Waals surface area contributed by atoms with E-state index in [-0.39, 0.29) is 5.92 Å². The van der Waals surface area contributed by atoms with Gasteiger partial charge < -0.3 is 9.42 Å². The summed E-state index contributed by atoms with van der Waals surface area (Å²) in [5.41, 5.74) is 1.97. The van der Waals surface area contributed by atoms with Crippen LogP contribution in [0, 0.1) is 0 Å². The molecule has 0 radical (unpaired) electrons. The molecule has 130 valence electrons. The predicted octanol–water partition coefficient (Wildman–Crippen LogP) is 2.34. The number of hydrogen-bond donors (Lipinski definition) is 0. The summed E-state index contributed by atoms with van der Waals surface area (Å²) in [5, 5.41) is 8.40. The van der Waals surface area contributed by atoms with E-state index in [0.717, 1.165) is 36.6 Å². The highest BCUT2D eigenvalue weighted by Gasteiger charge is 2.34. The second kappa shape index (κ2) is 5.91. The SMILES string of the molecule is CCc1cc(N2CC(c3nc(-c4ccccc4)no3)C2)n2ncnc2n1. The Kier molecular flexibility index (Phi) is 3.41. The molecule has 4 aromatic rings. The van der Waals surface area contributed by atoms with E-state index < -0.39 is 0 Å². The molecule has 0 amide bonds. The minimum absolute atomic E-state index is 0.219. The van der Waals surface area contributed by atoms with Gasteiger partial charge in [-0.15, -0.1) is 0 Å². The summed E-state index contributed by atoms with van der Waals surface area (Å²) in [7, 11) is 0. The first-order valence-electron chi connectivity index (χ1n) is 8.65. The van der Waals surface area contributed by atoms with Crippen LogP contribution in [-0.4, -0.2) is 42.8 Å². The van der Waals surface area contributed by atoms with Crippen LogP contribution in [0.4, 0.5) is 5.82 Å². The van der Waals surface area contributed by atoms with Crippen molar-refractivity contribution >= 4 is 11.6 Å². The zero-order chi connectivity index (χ0) is 17.5. The molecule has 5 rings (SSSR count). The number of fused-ring (bicyclic) bond motifs is 1. The van der Waals surface area contributed by atoms with Crippen LogP contribution < -0.4 is 4.90 Å². The lowest BCUT2D eigenvalue weighted by Crippen LogP contribution is -2.46. The van der Waals surface area contributed by atoms with E-state index in [1.54, 1.807) is 4.52 Å². The minimum Gasteiger partial charge on any atom is -0.355 e. The Balaban J connectivity index is 1.37. The fourth-order valence-electron chi connectivity index (χ4n) is 3.18. The number of aryl methyl sites for hydroxylation is 1. The normalized spacial score (nSPS) is 14.7. The van der Waals surface area contributed by atoms with Crippen LogP contribution in [0.2, 0.25) is 0 Å². The maximum Gasteiger partial charge on any atom is 0.254 e. The highest BCUT2D eigenvalue weighted by atomic mass is 16.5. The number of anilines is 1. The van der Waals surface area contributed by atoms with Crippen LogP contribution in [0.3, 0.4) is 0 Å². The zero-order valence-corrected chi connectivity index (χ0v) is 14.3. The third-order valence-corrected chi connectivity index (χ3v) is 4.68. The van der Waals surface area contributed by atoms with Gasteiger partial charge in [0.2, 0.25) is 11.7 Å². The van der Waals surface area contributed by atoms with Crippen LogP contribution in [-0.2, 0) is 6.42 Å². The quantitative estimate of drug-likeness (QED) is 0.560. The third-order valence-electron chi connectivity index (χ3n) is 4.68. The van der Waals surface area contributed by atoms with Gasteiger partial charge in [-0.2, -0.15) is 19.6 Å². The highest BCUT2D eigenvalue weighted by Crippen LogP contribution is 2.32. The molecule has 1 aliphatic heterocycles. The maximum absolute atomic E-state index is 5.49. The van der Waals surface area contributed by atoms with Crippen molar-refractivity contribution in [1.29, 1.82) is 0 Å². The summed E-state index contributed by atoms with van der Waals surface area (Å²) in [5.74, 6) is 3.17. The maximum atomic E-state index is 5.49. The Hall–Kier alpha value is -3.29. The summed E-state index contributed by atoms with van der Waals surface area (Å²) < 4.78 is 7.27. The van der Waals surface area contributed by atoms with Crippen molar-refractivity contribution in [3.05, 3.63) is 54.3 Å². The molecule has 8 heteroatoms. The second-order valence-electron chi connectivity index (χ2n) is 6.36. The monoisotopic (exact) mass is 347 g/mol. The predicted molar refractivity (Wildman–Crippen MR) is 94.8 cm³/mol. The van der Waals surface area contributed by atoms with Gasteiger partial charge in [-0.05, 0) is 6.42 Å². The van der Waals surface area contributed by atoms with E-state index in [0.29, 0.717) is 17.5 Å². The lowest BCUT2D eigenvalue weighted by molar-refractivity contribution is 0.328. The molecule has 1 aromatic carbocycles. The molecular weight excluding hydrogens is 330 g/mol. The standard InChI is InChI=1S/C18H17N7O/c1-2-14-8-15(25-18(21-14)19-11-20-25)24-9-13(10-24)17-22-16(23-26-17)12-6-4-3-5-7-12/h3-8,11,13H,2,9-10H2,1H3. The lowest BCUT2D eigenvalue weighted by Gasteiger charge is -2.38. The van der Waals surface area contributed by atoms with E-state index in [1.807, 2.05) is 30.3 Å². The van der Waals surface area contributed by atoms with E-state index >= 15 is 0 Å². The summed E-state index contributed by atoms with van der Waals surface area (Å²) in [4.78, 5) is 15.5.